The molecule has 0 radical (unpaired) electrons. The van der Waals surface area contributed by atoms with Crippen molar-refractivity contribution in [3.8, 4) is 0 Å². The Morgan fingerprint density at radius 3 is 2.68 bits per heavy atom. The van der Waals surface area contributed by atoms with Crippen LogP contribution in [0.4, 0.5) is 0 Å². The van der Waals surface area contributed by atoms with E-state index in [1.54, 1.807) is 11.0 Å². The molecule has 0 N–H and O–H groups in total. The van der Waals surface area contributed by atoms with Gasteiger partial charge in [-0.1, -0.05) is 36.4 Å². The van der Waals surface area contributed by atoms with Crippen LogP contribution in [0.2, 0.25) is 0 Å². The first-order valence-electron chi connectivity index (χ1n) is 9.43. The van der Waals surface area contributed by atoms with Crippen LogP contribution in [0.3, 0.4) is 0 Å². The predicted molar refractivity (Wildman–Crippen MR) is 107 cm³/mol. The Morgan fingerprint density at radius 1 is 1.29 bits per heavy atom. The first-order valence-corrected chi connectivity index (χ1v) is 11.3. The van der Waals surface area contributed by atoms with Gasteiger partial charge in [0.25, 0.3) is 5.91 Å². The highest BCUT2D eigenvalue weighted by Crippen LogP contribution is 2.22. The molecule has 2 heterocycles. The monoisotopic (exact) mass is 403 g/mol. The smallest absolute Gasteiger partial charge is 0.270 e. The molecule has 0 saturated carbocycles. The molecule has 0 aliphatic carbocycles. The number of hydrogen-bond donors (Lipinski definition) is 0. The van der Waals surface area contributed by atoms with Crippen molar-refractivity contribution in [2.45, 2.75) is 31.7 Å². The third-order valence-electron chi connectivity index (χ3n) is 5.01. The number of carbonyl (C=O) groups excluding carboxylic acids is 2. The van der Waals surface area contributed by atoms with E-state index in [1.807, 2.05) is 30.3 Å². The van der Waals surface area contributed by atoms with Crippen LogP contribution < -0.4 is 0 Å². The van der Waals surface area contributed by atoms with Gasteiger partial charge in [0.1, 0.15) is 5.71 Å². The number of carbonyl (C=O) groups is 2. The number of sulfone groups is 1. The van der Waals surface area contributed by atoms with Crippen LogP contribution in [0.1, 0.15) is 24.8 Å². The summed E-state index contributed by atoms with van der Waals surface area (Å²) < 4.78 is 23.5. The summed E-state index contributed by atoms with van der Waals surface area (Å²) in [6, 6.07) is 9.41. The Bertz CT molecular complexity index is 880. The highest BCUT2D eigenvalue weighted by molar-refractivity contribution is 7.91. The van der Waals surface area contributed by atoms with Crippen molar-refractivity contribution in [1.82, 2.24) is 9.91 Å². The zero-order valence-corrected chi connectivity index (χ0v) is 16.6. The molecule has 1 atom stereocenters. The van der Waals surface area contributed by atoms with Crippen LogP contribution in [0.15, 0.2) is 48.1 Å². The van der Waals surface area contributed by atoms with Crippen molar-refractivity contribution in [3.63, 3.8) is 0 Å². The maximum absolute atomic E-state index is 13.0. The van der Waals surface area contributed by atoms with Crippen molar-refractivity contribution in [1.29, 1.82) is 0 Å². The lowest BCUT2D eigenvalue weighted by molar-refractivity contribution is -0.134. The van der Waals surface area contributed by atoms with Gasteiger partial charge in [0.15, 0.2) is 9.84 Å². The first kappa shape index (κ1) is 20.3. The van der Waals surface area contributed by atoms with Crippen molar-refractivity contribution < 1.29 is 18.0 Å². The average Bonchev–Trinajstić information content (AvgIpc) is 3.05. The molecule has 1 fully saturated rings. The molecule has 0 bridgehead atoms. The number of hydrazone groups is 1. The van der Waals surface area contributed by atoms with Crippen LogP contribution in [-0.2, 0) is 25.8 Å². The van der Waals surface area contributed by atoms with Gasteiger partial charge in [0, 0.05) is 25.9 Å². The predicted octanol–water partition coefficient (Wildman–Crippen LogP) is 1.41. The summed E-state index contributed by atoms with van der Waals surface area (Å²) in [7, 11) is -3.14. The Labute approximate surface area is 165 Å². The third-order valence-corrected chi connectivity index (χ3v) is 6.76. The van der Waals surface area contributed by atoms with Crippen LogP contribution in [0.5, 0.6) is 0 Å². The van der Waals surface area contributed by atoms with Gasteiger partial charge in [-0.05, 0) is 18.4 Å². The van der Waals surface area contributed by atoms with Crippen LogP contribution in [0.25, 0.3) is 0 Å². The average molecular weight is 404 g/mol. The highest BCUT2D eigenvalue weighted by atomic mass is 32.2. The van der Waals surface area contributed by atoms with E-state index >= 15 is 0 Å². The van der Waals surface area contributed by atoms with Gasteiger partial charge in [-0.2, -0.15) is 5.10 Å². The number of nitrogens with zero attached hydrogens (tertiary/aromatic N) is 3. The van der Waals surface area contributed by atoms with Crippen molar-refractivity contribution in [3.05, 3.63) is 48.6 Å². The molecule has 3 rings (SSSR count). The first-order chi connectivity index (χ1) is 13.4. The molecule has 150 valence electrons. The molecule has 1 unspecified atom stereocenters. The van der Waals surface area contributed by atoms with Crippen LogP contribution in [-0.4, -0.2) is 66.5 Å². The molecule has 2 amide bonds. The van der Waals surface area contributed by atoms with Gasteiger partial charge in [-0.15, -0.1) is 6.58 Å². The molecule has 0 spiro atoms. The fraction of sp³-hybridized carbons (Fsp3) is 0.450. The van der Waals surface area contributed by atoms with Gasteiger partial charge >= 0.3 is 0 Å². The Kier molecular flexibility index (Phi) is 6.28. The molecular formula is C20H25N3O4S. The standard InChI is InChI=1S/C20H25N3O4S/c1-2-12-22(13-10-16-6-4-3-5-7-16)20(25)18-8-9-19(24)23(21-18)17-11-14-28(26,27)15-17/h2-7,17H,1,8-15H2. The van der Waals surface area contributed by atoms with Gasteiger partial charge < -0.3 is 4.90 Å². The summed E-state index contributed by atoms with van der Waals surface area (Å²) in [6.45, 7) is 4.62. The fourth-order valence-electron chi connectivity index (χ4n) is 3.50. The molecule has 8 heteroatoms. The SMILES string of the molecule is C=CCN(CCc1ccccc1)C(=O)C1=NN(C2CCS(=O)(=O)C2)C(=O)CC1. The van der Waals surface area contributed by atoms with E-state index in [1.165, 1.54) is 5.01 Å². The van der Waals surface area contributed by atoms with E-state index in [-0.39, 0.29) is 36.2 Å². The summed E-state index contributed by atoms with van der Waals surface area (Å²) in [6.07, 6.45) is 3.17. The second-order valence-corrected chi connectivity index (χ2v) is 9.35. The van der Waals surface area contributed by atoms with E-state index < -0.39 is 15.9 Å². The van der Waals surface area contributed by atoms with Gasteiger partial charge in [0.2, 0.25) is 5.91 Å². The summed E-state index contributed by atoms with van der Waals surface area (Å²) in [5, 5.41) is 5.51. The second-order valence-electron chi connectivity index (χ2n) is 7.12. The van der Waals surface area contributed by atoms with Gasteiger partial charge in [-0.25, -0.2) is 13.4 Å². The maximum Gasteiger partial charge on any atom is 0.270 e. The van der Waals surface area contributed by atoms with Crippen molar-refractivity contribution in [2.75, 3.05) is 24.6 Å². The summed E-state index contributed by atoms with van der Waals surface area (Å²) in [5.41, 5.74) is 1.43. The molecule has 1 saturated heterocycles. The highest BCUT2D eigenvalue weighted by Gasteiger charge is 2.37. The molecule has 7 nitrogen and oxygen atoms in total. The van der Waals surface area contributed by atoms with Crippen LogP contribution in [0, 0.1) is 0 Å². The topological polar surface area (TPSA) is 87.1 Å². The second kappa shape index (κ2) is 8.68. The minimum absolute atomic E-state index is 0.0555. The van der Waals surface area contributed by atoms with E-state index in [0.717, 1.165) is 5.56 Å². The Hall–Kier alpha value is -2.48. The summed E-state index contributed by atoms with van der Waals surface area (Å²) >= 11 is 0. The Morgan fingerprint density at radius 2 is 2.04 bits per heavy atom. The third kappa shape index (κ3) is 4.86. The molecule has 1 aromatic rings. The number of rotatable bonds is 7. The Balaban J connectivity index is 1.73. The number of amides is 2. The molecule has 0 aromatic heterocycles. The van der Waals surface area contributed by atoms with E-state index in [2.05, 4.69) is 11.7 Å². The lowest BCUT2D eigenvalue weighted by Crippen LogP contribution is -2.45. The lowest BCUT2D eigenvalue weighted by atomic mass is 10.1. The number of benzene rings is 1. The largest absolute Gasteiger partial charge is 0.334 e. The normalized spacial score (nSPS) is 21.3. The number of hydrogen-bond acceptors (Lipinski definition) is 5. The fourth-order valence-corrected chi connectivity index (χ4v) is 5.19. The maximum atomic E-state index is 13.0. The lowest BCUT2D eigenvalue weighted by Gasteiger charge is -2.29. The molecule has 1 aromatic carbocycles. The molecular weight excluding hydrogens is 378 g/mol. The van der Waals surface area contributed by atoms with Gasteiger partial charge in [-0.3, -0.25) is 9.59 Å². The zero-order valence-electron chi connectivity index (χ0n) is 15.8. The molecule has 2 aliphatic rings. The molecule has 28 heavy (non-hydrogen) atoms. The van der Waals surface area contributed by atoms with Crippen molar-refractivity contribution in [2.24, 2.45) is 5.10 Å². The minimum atomic E-state index is -3.14. The van der Waals surface area contributed by atoms with E-state index in [9.17, 15) is 18.0 Å². The quantitative estimate of drug-likeness (QED) is 0.644. The minimum Gasteiger partial charge on any atom is -0.334 e. The summed E-state index contributed by atoms with van der Waals surface area (Å²) in [5.74, 6) is -0.485. The van der Waals surface area contributed by atoms with E-state index in [0.29, 0.717) is 31.6 Å². The van der Waals surface area contributed by atoms with Gasteiger partial charge in [0.05, 0.1) is 17.5 Å². The zero-order chi connectivity index (χ0) is 20.1. The van der Waals surface area contributed by atoms with Crippen molar-refractivity contribution >= 4 is 27.4 Å². The summed E-state index contributed by atoms with van der Waals surface area (Å²) in [4.78, 5) is 26.9. The van der Waals surface area contributed by atoms with E-state index in [4.69, 9.17) is 0 Å². The van der Waals surface area contributed by atoms with Crippen LogP contribution >= 0.6 is 0 Å². The molecule has 2 aliphatic heterocycles.